The van der Waals surface area contributed by atoms with Crippen molar-refractivity contribution in [2.24, 2.45) is 5.92 Å². The molecule has 2 aromatic rings. The number of rotatable bonds is 9. The molecule has 3 fully saturated rings. The number of nitriles is 1. The third-order valence-electron chi connectivity index (χ3n) is 7.39. The number of hydrogen-bond donors (Lipinski definition) is 3. The van der Waals surface area contributed by atoms with Crippen molar-refractivity contribution in [2.75, 3.05) is 36.4 Å². The quantitative estimate of drug-likeness (QED) is 0.380. The average molecular weight is 581 g/mol. The number of nitrogens with one attached hydrogen (secondary N) is 3. The fraction of sp³-hybridized carbons (Fsp3) is 0.542. The van der Waals surface area contributed by atoms with Crippen molar-refractivity contribution in [3.05, 3.63) is 22.7 Å². The molecule has 3 aliphatic rings. The molecule has 2 heterocycles. The van der Waals surface area contributed by atoms with Gasteiger partial charge < -0.3 is 20.5 Å². The van der Waals surface area contributed by atoms with Gasteiger partial charge in [0.05, 0.1) is 16.7 Å². The van der Waals surface area contributed by atoms with E-state index >= 15 is 0 Å². The lowest BCUT2D eigenvalue weighted by Crippen LogP contribution is -2.50. The molecule has 0 unspecified atom stereocenters. The maximum absolute atomic E-state index is 13.3. The number of piperazine rings is 1. The van der Waals surface area contributed by atoms with Gasteiger partial charge in [0, 0.05) is 51.0 Å². The summed E-state index contributed by atoms with van der Waals surface area (Å²) in [5, 5.41) is 27.1. The van der Waals surface area contributed by atoms with E-state index in [-0.39, 0.29) is 29.0 Å². The van der Waals surface area contributed by atoms with Crippen molar-refractivity contribution >= 4 is 50.0 Å². The molecule has 1 amide bonds. The highest BCUT2D eigenvalue weighted by Gasteiger charge is 2.47. The zero-order valence-electron chi connectivity index (χ0n) is 21.0. The van der Waals surface area contributed by atoms with Crippen LogP contribution in [0.25, 0.3) is 0 Å². The van der Waals surface area contributed by atoms with Crippen molar-refractivity contribution in [2.45, 2.75) is 55.4 Å². The van der Waals surface area contributed by atoms with Gasteiger partial charge in [0.25, 0.3) is 6.43 Å². The molecule has 11 nitrogen and oxygen atoms in total. The van der Waals surface area contributed by atoms with Gasteiger partial charge in [-0.05, 0) is 37.8 Å². The van der Waals surface area contributed by atoms with E-state index in [1.54, 1.807) is 0 Å². The van der Waals surface area contributed by atoms with Crippen LogP contribution in [0.2, 0.25) is 0 Å². The number of benzene rings is 1. The lowest BCUT2D eigenvalue weighted by atomic mass is 10.1. The largest absolute Gasteiger partial charge is 0.367 e. The summed E-state index contributed by atoms with van der Waals surface area (Å²) >= 11 is 0.625. The number of hydrogen-bond acceptors (Lipinski definition) is 10. The topological polar surface area (TPSA) is 155 Å². The second-order valence-corrected chi connectivity index (χ2v) is 12.7. The monoisotopic (exact) mass is 580 g/mol. The zero-order chi connectivity index (χ0) is 27.8. The van der Waals surface area contributed by atoms with E-state index in [2.05, 4.69) is 20.2 Å². The molecule has 39 heavy (non-hydrogen) atoms. The van der Waals surface area contributed by atoms with Crippen molar-refractivity contribution in [3.63, 3.8) is 0 Å². The Kier molecular flexibility index (Phi) is 7.53. The maximum Gasteiger partial charge on any atom is 0.291 e. The fourth-order valence-corrected chi connectivity index (χ4v) is 7.08. The molecule has 1 aromatic carbocycles. The molecule has 5 rings (SSSR count). The first-order valence-electron chi connectivity index (χ1n) is 12.7. The number of amides is 1. The highest BCUT2D eigenvalue weighted by Crippen LogP contribution is 2.39. The third-order valence-corrected chi connectivity index (χ3v) is 9.75. The summed E-state index contributed by atoms with van der Waals surface area (Å²) in [6.45, 7) is 1.76. The van der Waals surface area contributed by atoms with Gasteiger partial charge in [-0.2, -0.15) is 9.98 Å². The molecule has 15 heteroatoms. The summed E-state index contributed by atoms with van der Waals surface area (Å²) < 4.78 is 55.3. The highest BCUT2D eigenvalue weighted by atomic mass is 32.2. The highest BCUT2D eigenvalue weighted by molar-refractivity contribution is 7.89. The third kappa shape index (κ3) is 5.73. The number of alkyl halides is 2. The van der Waals surface area contributed by atoms with Crippen LogP contribution >= 0.6 is 11.3 Å². The van der Waals surface area contributed by atoms with Gasteiger partial charge in [0.1, 0.15) is 5.54 Å². The minimum absolute atomic E-state index is 0. The van der Waals surface area contributed by atoms with Crippen molar-refractivity contribution in [1.29, 1.82) is 10.7 Å². The molecule has 3 N–H and O–H groups in total. The van der Waals surface area contributed by atoms with Crippen LogP contribution in [0.4, 0.5) is 25.3 Å². The van der Waals surface area contributed by atoms with E-state index in [0.29, 0.717) is 61.6 Å². The molecular formula is C24H30F2N8O3S2. The van der Waals surface area contributed by atoms with Crippen LogP contribution in [0.1, 0.15) is 56.9 Å². The Hall–Kier alpha value is -3.22. The molecule has 0 bridgehead atoms. The molecule has 0 radical (unpaired) electrons. The standard InChI is InChI=1S/C24H28F2N8O3S2.H2/c25-20(26)21-30-31-23(38-21)29-18-11-16(39(36,37)32-24(14-28)5-6-24)12-19(17(18)13-27)33-7-9-34(10-8-33)22(35)15-3-1-2-4-15;/h11-13,15,20,27,32H,1-10H2,(H,29,31);1H. The first kappa shape index (κ1) is 27.4. The Morgan fingerprint density at radius 1 is 1.23 bits per heavy atom. The van der Waals surface area contributed by atoms with Crippen LogP contribution in [-0.2, 0) is 14.8 Å². The number of carbonyl (C=O) groups excluding carboxylic acids is 1. The molecule has 210 valence electrons. The summed E-state index contributed by atoms with van der Waals surface area (Å²) in [6.07, 6.45) is 2.98. The van der Waals surface area contributed by atoms with Crippen LogP contribution < -0.4 is 14.9 Å². The van der Waals surface area contributed by atoms with E-state index in [9.17, 15) is 27.3 Å². The lowest BCUT2D eigenvalue weighted by molar-refractivity contribution is -0.135. The number of halogens is 2. The van der Waals surface area contributed by atoms with E-state index < -0.39 is 27.0 Å². The van der Waals surface area contributed by atoms with Gasteiger partial charge in [-0.15, -0.1) is 10.2 Å². The summed E-state index contributed by atoms with van der Waals surface area (Å²) in [5.74, 6) is 0.212. The fourth-order valence-electron chi connectivity index (χ4n) is 5.05. The number of nitrogens with zero attached hydrogens (tertiary/aromatic N) is 5. The predicted molar refractivity (Wildman–Crippen MR) is 143 cm³/mol. The average Bonchev–Trinajstić information content (AvgIpc) is 3.29. The second-order valence-electron chi connectivity index (χ2n) is 10.0. The summed E-state index contributed by atoms with van der Waals surface area (Å²) in [7, 11) is -4.14. The number of aromatic nitrogens is 2. The van der Waals surface area contributed by atoms with E-state index in [4.69, 9.17) is 5.41 Å². The van der Waals surface area contributed by atoms with E-state index in [1.807, 2.05) is 15.9 Å². The normalized spacial score (nSPS) is 19.2. The summed E-state index contributed by atoms with van der Waals surface area (Å²) in [6, 6.07) is 4.75. The van der Waals surface area contributed by atoms with E-state index in [1.165, 1.54) is 12.1 Å². The van der Waals surface area contributed by atoms with Crippen molar-refractivity contribution in [3.8, 4) is 6.07 Å². The van der Waals surface area contributed by atoms with Crippen LogP contribution in [0.3, 0.4) is 0 Å². The lowest BCUT2D eigenvalue weighted by Gasteiger charge is -2.38. The van der Waals surface area contributed by atoms with Crippen LogP contribution in [-0.4, -0.2) is 67.4 Å². The molecule has 2 saturated carbocycles. The Morgan fingerprint density at radius 2 is 1.92 bits per heavy atom. The Balaban J connectivity index is 0.00000370. The van der Waals surface area contributed by atoms with Crippen LogP contribution in [0.15, 0.2) is 17.0 Å². The van der Waals surface area contributed by atoms with E-state index in [0.717, 1.165) is 31.9 Å². The van der Waals surface area contributed by atoms with Gasteiger partial charge in [0.15, 0.2) is 5.01 Å². The Bertz CT molecular complexity index is 1410. The number of carbonyl (C=O) groups is 1. The first-order valence-corrected chi connectivity index (χ1v) is 15.0. The molecule has 1 aromatic heterocycles. The molecule has 1 aliphatic heterocycles. The SMILES string of the molecule is N#CC1(NS(=O)(=O)c2cc(Nc3nnc(C(F)F)s3)c(C=N)c(N3CCN(C(=O)C4CCCC4)CC3)c2)CC1.[HH]. The molecule has 2 aliphatic carbocycles. The van der Waals surface area contributed by atoms with Gasteiger partial charge >= 0.3 is 0 Å². The summed E-state index contributed by atoms with van der Waals surface area (Å²) in [5.41, 5.74) is -0.209. The van der Waals surface area contributed by atoms with Gasteiger partial charge in [-0.1, -0.05) is 24.2 Å². The van der Waals surface area contributed by atoms with Crippen molar-refractivity contribution in [1.82, 2.24) is 19.8 Å². The molecule has 0 atom stereocenters. The van der Waals surface area contributed by atoms with Gasteiger partial charge in [-0.3, -0.25) is 4.79 Å². The molecule has 1 saturated heterocycles. The Morgan fingerprint density at radius 3 is 2.49 bits per heavy atom. The van der Waals surface area contributed by atoms with Crippen LogP contribution in [0, 0.1) is 22.7 Å². The van der Waals surface area contributed by atoms with Crippen molar-refractivity contribution < 1.29 is 23.4 Å². The zero-order valence-corrected chi connectivity index (χ0v) is 22.6. The van der Waals surface area contributed by atoms with Crippen LogP contribution in [0.5, 0.6) is 0 Å². The first-order chi connectivity index (χ1) is 18.6. The maximum atomic E-state index is 13.3. The second kappa shape index (κ2) is 10.7. The minimum atomic E-state index is -4.14. The van der Waals surface area contributed by atoms with Gasteiger partial charge in [0.2, 0.25) is 21.1 Å². The molecular weight excluding hydrogens is 550 g/mol. The number of sulfonamides is 1. The minimum Gasteiger partial charge on any atom is -0.367 e. The summed E-state index contributed by atoms with van der Waals surface area (Å²) in [4.78, 5) is 16.5. The number of anilines is 3. The molecule has 0 spiro atoms. The Labute approximate surface area is 230 Å². The smallest absolute Gasteiger partial charge is 0.291 e. The predicted octanol–water partition coefficient (Wildman–Crippen LogP) is 3.64. The van der Waals surface area contributed by atoms with Gasteiger partial charge in [-0.25, -0.2) is 17.2 Å².